The standard InChI is InChI=1S/C22H27N7O4S/c1-13(30)20(31)29-4-2-22(32,3-5-29)16-10-15-17(34-16)19(28-6-8-33-9-7-28)27-18(26-15)14-11-24-21(23)25-12-14/h10-13,30,32H,2-9H2,1H3,(H2,23,24,25). The van der Waals surface area contributed by atoms with Gasteiger partial charge in [0, 0.05) is 43.4 Å². The molecule has 5 heterocycles. The van der Waals surface area contributed by atoms with Crippen LogP contribution < -0.4 is 10.6 Å². The summed E-state index contributed by atoms with van der Waals surface area (Å²) in [6.45, 7) is 4.86. The smallest absolute Gasteiger partial charge is 0.251 e. The zero-order valence-electron chi connectivity index (χ0n) is 18.8. The topological polar surface area (TPSA) is 151 Å². The minimum atomic E-state index is -1.08. The van der Waals surface area contributed by atoms with E-state index in [0.717, 1.165) is 20.9 Å². The Morgan fingerprint density at radius 1 is 1.18 bits per heavy atom. The van der Waals surface area contributed by atoms with Gasteiger partial charge in [-0.15, -0.1) is 11.3 Å². The lowest BCUT2D eigenvalue weighted by Gasteiger charge is -2.38. The number of aliphatic hydroxyl groups excluding tert-OH is 1. The lowest BCUT2D eigenvalue weighted by atomic mass is 9.89. The number of rotatable bonds is 4. The molecule has 2 aliphatic rings. The molecule has 2 saturated heterocycles. The summed E-state index contributed by atoms with van der Waals surface area (Å²) in [6.07, 6.45) is 2.93. The minimum absolute atomic E-state index is 0.179. The number of hydrogen-bond acceptors (Lipinski definition) is 11. The summed E-state index contributed by atoms with van der Waals surface area (Å²) < 4.78 is 6.41. The molecule has 1 amide bonds. The second-order valence-electron chi connectivity index (χ2n) is 8.66. The fourth-order valence-electron chi connectivity index (χ4n) is 4.32. The van der Waals surface area contributed by atoms with Crippen LogP contribution in [0.3, 0.4) is 0 Å². The third kappa shape index (κ3) is 4.29. The lowest BCUT2D eigenvalue weighted by Crippen LogP contribution is -2.47. The van der Waals surface area contributed by atoms with Crippen LogP contribution in [0.15, 0.2) is 18.5 Å². The molecule has 12 heteroatoms. The van der Waals surface area contributed by atoms with E-state index in [2.05, 4.69) is 14.9 Å². The summed E-state index contributed by atoms with van der Waals surface area (Å²) in [6, 6.07) is 1.92. The van der Waals surface area contributed by atoms with E-state index in [4.69, 9.17) is 20.4 Å². The van der Waals surface area contributed by atoms with Crippen LogP contribution in [-0.2, 0) is 15.1 Å². The van der Waals surface area contributed by atoms with Crippen molar-refractivity contribution in [3.05, 3.63) is 23.3 Å². The number of amides is 1. The molecule has 1 atom stereocenters. The number of ether oxygens (including phenoxy) is 1. The van der Waals surface area contributed by atoms with Crippen LogP contribution >= 0.6 is 11.3 Å². The van der Waals surface area contributed by atoms with Gasteiger partial charge in [0.1, 0.15) is 11.7 Å². The first-order chi connectivity index (χ1) is 16.3. The summed E-state index contributed by atoms with van der Waals surface area (Å²) in [4.78, 5) is 34.4. The third-order valence-corrected chi connectivity index (χ3v) is 7.63. The number of nitrogens with zero attached hydrogens (tertiary/aromatic N) is 6. The van der Waals surface area contributed by atoms with Crippen molar-refractivity contribution >= 4 is 39.2 Å². The maximum atomic E-state index is 12.1. The zero-order valence-corrected chi connectivity index (χ0v) is 19.7. The normalized spacial score (nSPS) is 19.4. The maximum Gasteiger partial charge on any atom is 0.251 e. The van der Waals surface area contributed by atoms with Crippen LogP contribution in [0.5, 0.6) is 0 Å². The van der Waals surface area contributed by atoms with Gasteiger partial charge in [-0.05, 0) is 25.8 Å². The summed E-state index contributed by atoms with van der Waals surface area (Å²) in [7, 11) is 0. The molecule has 4 N–H and O–H groups in total. The van der Waals surface area contributed by atoms with Crippen molar-refractivity contribution in [2.75, 3.05) is 50.0 Å². The van der Waals surface area contributed by atoms with Crippen LogP contribution in [0, 0.1) is 0 Å². The number of carbonyl (C=O) groups excluding carboxylic acids is 1. The van der Waals surface area contributed by atoms with Gasteiger partial charge < -0.3 is 30.5 Å². The molecule has 0 saturated carbocycles. The molecule has 34 heavy (non-hydrogen) atoms. The van der Waals surface area contributed by atoms with Gasteiger partial charge in [0.15, 0.2) is 11.6 Å². The Morgan fingerprint density at radius 2 is 1.85 bits per heavy atom. The van der Waals surface area contributed by atoms with Crippen molar-refractivity contribution in [2.45, 2.75) is 31.5 Å². The fraction of sp³-hybridized carbons (Fsp3) is 0.500. The fourth-order valence-corrected chi connectivity index (χ4v) is 5.58. The Bertz CT molecular complexity index is 1190. The molecule has 180 valence electrons. The zero-order chi connectivity index (χ0) is 23.9. The van der Waals surface area contributed by atoms with Crippen LogP contribution in [0.1, 0.15) is 24.6 Å². The Balaban J connectivity index is 1.52. The highest BCUT2D eigenvalue weighted by molar-refractivity contribution is 7.19. The number of piperidine rings is 1. The van der Waals surface area contributed by atoms with E-state index in [-0.39, 0.29) is 11.9 Å². The highest BCUT2D eigenvalue weighted by atomic mass is 32.1. The number of thiophene rings is 1. The Labute approximate surface area is 200 Å². The summed E-state index contributed by atoms with van der Waals surface area (Å²) in [5, 5.41) is 21.1. The molecule has 1 unspecified atom stereocenters. The average Bonchev–Trinajstić information content (AvgIpc) is 3.30. The Morgan fingerprint density at radius 3 is 2.50 bits per heavy atom. The van der Waals surface area contributed by atoms with E-state index in [9.17, 15) is 15.0 Å². The summed E-state index contributed by atoms with van der Waals surface area (Å²) >= 11 is 1.48. The molecule has 5 rings (SSSR count). The molecule has 2 fully saturated rings. The Kier molecular flexibility index (Phi) is 6.06. The molecular weight excluding hydrogens is 458 g/mol. The van der Waals surface area contributed by atoms with Crippen LogP contribution in [0.25, 0.3) is 21.6 Å². The molecule has 0 aromatic carbocycles. The van der Waals surface area contributed by atoms with E-state index in [1.54, 1.807) is 17.3 Å². The van der Waals surface area contributed by atoms with Gasteiger partial charge in [0.05, 0.1) is 29.0 Å². The van der Waals surface area contributed by atoms with E-state index < -0.39 is 11.7 Å². The lowest BCUT2D eigenvalue weighted by molar-refractivity contribution is -0.143. The van der Waals surface area contributed by atoms with Crippen LogP contribution in [0.4, 0.5) is 11.8 Å². The second kappa shape index (κ2) is 9.02. The third-order valence-electron chi connectivity index (χ3n) is 6.31. The molecule has 2 aliphatic heterocycles. The predicted molar refractivity (Wildman–Crippen MR) is 127 cm³/mol. The van der Waals surface area contributed by atoms with Crippen LogP contribution in [0.2, 0.25) is 0 Å². The first-order valence-corrected chi connectivity index (χ1v) is 12.1. The highest BCUT2D eigenvalue weighted by Gasteiger charge is 2.38. The molecule has 0 spiro atoms. The molecule has 0 bridgehead atoms. The minimum Gasteiger partial charge on any atom is -0.384 e. The van der Waals surface area contributed by atoms with Gasteiger partial charge in [0.2, 0.25) is 5.95 Å². The number of carbonyl (C=O) groups is 1. The quantitative estimate of drug-likeness (QED) is 0.483. The van der Waals surface area contributed by atoms with E-state index in [1.807, 2.05) is 6.07 Å². The molecule has 11 nitrogen and oxygen atoms in total. The average molecular weight is 486 g/mol. The van der Waals surface area contributed by atoms with Gasteiger partial charge >= 0.3 is 0 Å². The number of morpholine rings is 1. The number of likely N-dealkylation sites (tertiary alicyclic amines) is 1. The van der Waals surface area contributed by atoms with Gasteiger partial charge in [-0.25, -0.2) is 19.9 Å². The number of aromatic nitrogens is 4. The van der Waals surface area contributed by atoms with Crippen molar-refractivity contribution in [2.24, 2.45) is 0 Å². The van der Waals surface area contributed by atoms with E-state index in [0.29, 0.717) is 63.6 Å². The van der Waals surface area contributed by atoms with E-state index >= 15 is 0 Å². The molecule has 0 aliphatic carbocycles. The highest BCUT2D eigenvalue weighted by Crippen LogP contribution is 2.42. The number of nitrogen functional groups attached to an aromatic ring is 1. The van der Waals surface area contributed by atoms with Crippen molar-refractivity contribution in [3.63, 3.8) is 0 Å². The molecule has 0 radical (unpaired) electrons. The summed E-state index contributed by atoms with van der Waals surface area (Å²) in [5.74, 6) is 1.15. The van der Waals surface area contributed by atoms with Gasteiger partial charge in [-0.2, -0.15) is 0 Å². The monoisotopic (exact) mass is 485 g/mol. The van der Waals surface area contributed by atoms with E-state index in [1.165, 1.54) is 18.3 Å². The summed E-state index contributed by atoms with van der Waals surface area (Å²) in [5.41, 5.74) is 5.95. The molecule has 3 aromatic heterocycles. The number of fused-ring (bicyclic) bond motifs is 1. The van der Waals surface area contributed by atoms with Crippen molar-refractivity contribution in [1.29, 1.82) is 0 Å². The maximum absolute atomic E-state index is 12.1. The first kappa shape index (κ1) is 22.8. The first-order valence-electron chi connectivity index (χ1n) is 11.3. The number of aliphatic hydroxyl groups is 2. The molecule has 3 aromatic rings. The van der Waals surface area contributed by atoms with Crippen molar-refractivity contribution < 1.29 is 19.7 Å². The van der Waals surface area contributed by atoms with Crippen molar-refractivity contribution in [1.82, 2.24) is 24.8 Å². The Hall–Kier alpha value is -2.93. The van der Waals surface area contributed by atoms with Gasteiger partial charge in [0.25, 0.3) is 5.91 Å². The second-order valence-corrected chi connectivity index (χ2v) is 9.71. The van der Waals surface area contributed by atoms with Gasteiger partial charge in [-0.3, -0.25) is 4.79 Å². The largest absolute Gasteiger partial charge is 0.384 e. The van der Waals surface area contributed by atoms with Gasteiger partial charge in [-0.1, -0.05) is 0 Å². The van der Waals surface area contributed by atoms with Crippen molar-refractivity contribution in [3.8, 4) is 11.4 Å². The molecular formula is C22H27N7O4S. The number of hydrogen-bond donors (Lipinski definition) is 3. The number of anilines is 2. The SMILES string of the molecule is CC(O)C(=O)N1CCC(O)(c2cc3nc(-c4cnc(N)nc4)nc(N4CCOCC4)c3s2)CC1. The predicted octanol–water partition coefficient (Wildman–Crippen LogP) is 0.758. The number of nitrogens with two attached hydrogens (primary N) is 1. The van der Waals surface area contributed by atoms with Crippen LogP contribution in [-0.4, -0.2) is 86.5 Å².